The number of carbonyl (C=O) groups excluding carboxylic acids is 2. The average Bonchev–Trinajstić information content (AvgIpc) is 2.84. The molecule has 1 saturated heterocycles. The molecule has 1 heterocycles. The van der Waals surface area contributed by atoms with E-state index >= 15 is 0 Å². The third kappa shape index (κ3) is 5.73. The highest BCUT2D eigenvalue weighted by atomic mass is 19.1. The van der Waals surface area contributed by atoms with Gasteiger partial charge in [-0.15, -0.1) is 0 Å². The number of rotatable bonds is 6. The Labute approximate surface area is 193 Å². The zero-order valence-electron chi connectivity index (χ0n) is 18.5. The van der Waals surface area contributed by atoms with Crippen molar-refractivity contribution in [3.8, 4) is 0 Å². The van der Waals surface area contributed by atoms with Gasteiger partial charge in [0.2, 0.25) is 0 Å². The van der Waals surface area contributed by atoms with Crippen LogP contribution in [0.25, 0.3) is 0 Å². The van der Waals surface area contributed by atoms with Gasteiger partial charge < -0.3 is 10.0 Å². The van der Waals surface area contributed by atoms with Crippen molar-refractivity contribution in [3.63, 3.8) is 0 Å². The van der Waals surface area contributed by atoms with Crippen molar-refractivity contribution in [1.82, 2.24) is 9.80 Å². The lowest BCUT2D eigenvalue weighted by Gasteiger charge is -2.34. The monoisotopic (exact) mass is 449 g/mol. The first-order valence-corrected chi connectivity index (χ1v) is 11.3. The van der Waals surface area contributed by atoms with Crippen molar-refractivity contribution in [3.05, 3.63) is 82.9 Å². The fourth-order valence-corrected chi connectivity index (χ4v) is 4.32. The molecule has 6 nitrogen and oxygen atoms in total. The maximum atomic E-state index is 13.1. The van der Waals surface area contributed by atoms with Crippen LogP contribution in [0.5, 0.6) is 0 Å². The SMILES string of the molecule is O=C1CC(c2ccc(F)cc2)CC(O)=C1C=NCCN1CCN(C(=O)c2ccccc2)CC1. The van der Waals surface area contributed by atoms with Crippen molar-refractivity contribution in [1.29, 1.82) is 0 Å². The van der Waals surface area contributed by atoms with Gasteiger partial charge in [-0.1, -0.05) is 30.3 Å². The number of piperazine rings is 1. The standard InChI is InChI=1S/C26H28FN3O3/c27-22-8-6-19(7-9-22)21-16-24(31)23(25(32)17-21)18-28-10-11-29-12-14-30(15-13-29)26(33)20-4-2-1-3-5-20/h1-9,18,21,31H,10-17H2. The van der Waals surface area contributed by atoms with Gasteiger partial charge in [0, 0.05) is 57.3 Å². The molecule has 0 bridgehead atoms. The van der Waals surface area contributed by atoms with E-state index < -0.39 is 0 Å². The number of nitrogens with zero attached hydrogens (tertiary/aromatic N) is 3. The lowest BCUT2D eigenvalue weighted by molar-refractivity contribution is -0.116. The summed E-state index contributed by atoms with van der Waals surface area (Å²) < 4.78 is 13.1. The Hall–Kier alpha value is -3.32. The van der Waals surface area contributed by atoms with Gasteiger partial charge >= 0.3 is 0 Å². The minimum atomic E-state index is -0.322. The number of aliphatic imine (C=N–C) groups is 1. The molecule has 1 fully saturated rings. The molecule has 1 unspecified atom stereocenters. The summed E-state index contributed by atoms with van der Waals surface area (Å²) in [7, 11) is 0. The van der Waals surface area contributed by atoms with Crippen molar-refractivity contribution in [2.75, 3.05) is 39.3 Å². The van der Waals surface area contributed by atoms with Crippen LogP contribution >= 0.6 is 0 Å². The van der Waals surface area contributed by atoms with E-state index in [1.54, 1.807) is 12.1 Å². The van der Waals surface area contributed by atoms with Crippen LogP contribution in [0.2, 0.25) is 0 Å². The van der Waals surface area contributed by atoms with Crippen LogP contribution in [0.3, 0.4) is 0 Å². The van der Waals surface area contributed by atoms with Gasteiger partial charge in [0.15, 0.2) is 5.78 Å². The van der Waals surface area contributed by atoms with E-state index in [2.05, 4.69) is 9.89 Å². The first-order chi connectivity index (χ1) is 16.0. The second kappa shape index (κ2) is 10.5. The summed E-state index contributed by atoms with van der Waals surface area (Å²) in [4.78, 5) is 33.6. The van der Waals surface area contributed by atoms with Crippen LogP contribution < -0.4 is 0 Å². The summed E-state index contributed by atoms with van der Waals surface area (Å²) in [5.41, 5.74) is 1.83. The minimum Gasteiger partial charge on any atom is -0.511 e. The van der Waals surface area contributed by atoms with Crippen LogP contribution in [-0.4, -0.2) is 72.1 Å². The van der Waals surface area contributed by atoms with Gasteiger partial charge in [0.05, 0.1) is 12.1 Å². The van der Waals surface area contributed by atoms with Crippen molar-refractivity contribution in [2.45, 2.75) is 18.8 Å². The first-order valence-electron chi connectivity index (χ1n) is 11.3. The lowest BCUT2D eigenvalue weighted by atomic mass is 9.83. The number of halogens is 1. The predicted octanol–water partition coefficient (Wildman–Crippen LogP) is 3.61. The number of carbonyl (C=O) groups is 2. The van der Waals surface area contributed by atoms with E-state index in [-0.39, 0.29) is 41.2 Å². The van der Waals surface area contributed by atoms with Crippen LogP contribution in [0, 0.1) is 5.82 Å². The highest BCUT2D eigenvalue weighted by molar-refractivity contribution is 6.14. The molecule has 0 saturated carbocycles. The maximum absolute atomic E-state index is 13.1. The van der Waals surface area contributed by atoms with Crippen LogP contribution in [0.1, 0.15) is 34.7 Å². The summed E-state index contributed by atoms with van der Waals surface area (Å²) >= 11 is 0. The van der Waals surface area contributed by atoms with E-state index in [9.17, 15) is 19.1 Å². The number of Topliss-reactive ketones (excluding diaryl/α,β-unsaturated/α-hetero) is 1. The molecule has 33 heavy (non-hydrogen) atoms. The Kier molecular flexibility index (Phi) is 7.29. The van der Waals surface area contributed by atoms with Gasteiger partial charge in [-0.05, 0) is 35.7 Å². The molecule has 1 N–H and O–H groups in total. The molecule has 172 valence electrons. The molecule has 4 rings (SSSR count). The zero-order valence-corrected chi connectivity index (χ0v) is 18.5. The van der Waals surface area contributed by atoms with E-state index in [0.29, 0.717) is 31.6 Å². The second-order valence-corrected chi connectivity index (χ2v) is 8.48. The van der Waals surface area contributed by atoms with E-state index in [1.165, 1.54) is 18.3 Å². The number of amides is 1. The topological polar surface area (TPSA) is 73.2 Å². The number of aliphatic hydroxyl groups is 1. The number of allylic oxidation sites excluding steroid dienone is 2. The smallest absolute Gasteiger partial charge is 0.253 e. The molecule has 0 aromatic heterocycles. The number of hydrogen-bond acceptors (Lipinski definition) is 5. The Morgan fingerprint density at radius 3 is 2.39 bits per heavy atom. The molecule has 0 radical (unpaired) electrons. The van der Waals surface area contributed by atoms with Crippen molar-refractivity contribution < 1.29 is 19.1 Å². The van der Waals surface area contributed by atoms with Crippen LogP contribution in [-0.2, 0) is 4.79 Å². The molecular weight excluding hydrogens is 421 g/mol. The quantitative estimate of drug-likeness (QED) is 0.684. The summed E-state index contributed by atoms with van der Waals surface area (Å²) in [5, 5.41) is 10.4. The number of ketones is 1. The molecule has 1 amide bonds. The van der Waals surface area contributed by atoms with Gasteiger partial charge in [-0.2, -0.15) is 0 Å². The molecule has 2 aliphatic rings. The Bertz CT molecular complexity index is 1040. The van der Waals surface area contributed by atoms with Crippen molar-refractivity contribution >= 4 is 17.9 Å². The molecular formula is C26H28FN3O3. The van der Waals surface area contributed by atoms with Gasteiger partial charge in [-0.3, -0.25) is 19.5 Å². The highest BCUT2D eigenvalue weighted by Crippen LogP contribution is 2.33. The lowest BCUT2D eigenvalue weighted by Crippen LogP contribution is -2.49. The average molecular weight is 450 g/mol. The maximum Gasteiger partial charge on any atom is 0.253 e. The Balaban J connectivity index is 1.24. The number of benzene rings is 2. The Morgan fingerprint density at radius 2 is 1.73 bits per heavy atom. The summed E-state index contributed by atoms with van der Waals surface area (Å²) in [6, 6.07) is 15.4. The molecule has 1 aliphatic heterocycles. The fraction of sp³-hybridized carbons (Fsp3) is 0.346. The zero-order chi connectivity index (χ0) is 23.2. The molecule has 1 atom stereocenters. The summed E-state index contributed by atoms with van der Waals surface area (Å²) in [6.07, 6.45) is 2.10. The van der Waals surface area contributed by atoms with E-state index in [1.807, 2.05) is 35.2 Å². The van der Waals surface area contributed by atoms with Crippen LogP contribution in [0.15, 0.2) is 70.9 Å². The third-order valence-electron chi connectivity index (χ3n) is 6.27. The van der Waals surface area contributed by atoms with Gasteiger partial charge in [0.25, 0.3) is 5.91 Å². The van der Waals surface area contributed by atoms with Crippen LogP contribution in [0.4, 0.5) is 4.39 Å². The van der Waals surface area contributed by atoms with Gasteiger partial charge in [-0.25, -0.2) is 4.39 Å². The molecule has 2 aromatic carbocycles. The molecule has 7 heteroatoms. The fourth-order valence-electron chi connectivity index (χ4n) is 4.32. The van der Waals surface area contributed by atoms with E-state index in [4.69, 9.17) is 0 Å². The highest BCUT2D eigenvalue weighted by Gasteiger charge is 2.28. The Morgan fingerprint density at radius 1 is 1.03 bits per heavy atom. The van der Waals surface area contributed by atoms with Crippen molar-refractivity contribution in [2.24, 2.45) is 4.99 Å². The summed E-state index contributed by atoms with van der Waals surface area (Å²) in [6.45, 7) is 4.14. The first kappa shape index (κ1) is 22.9. The molecule has 0 spiro atoms. The largest absolute Gasteiger partial charge is 0.511 e. The minimum absolute atomic E-state index is 0.0392. The van der Waals surface area contributed by atoms with Gasteiger partial charge in [0.1, 0.15) is 11.6 Å². The summed E-state index contributed by atoms with van der Waals surface area (Å²) in [5.74, 6) is -0.518. The second-order valence-electron chi connectivity index (χ2n) is 8.48. The molecule has 2 aromatic rings. The third-order valence-corrected chi connectivity index (χ3v) is 6.27. The van der Waals surface area contributed by atoms with E-state index in [0.717, 1.165) is 25.2 Å². The number of hydrogen-bond donors (Lipinski definition) is 1. The molecule has 1 aliphatic carbocycles. The predicted molar refractivity (Wildman–Crippen MR) is 125 cm³/mol. The number of aliphatic hydroxyl groups excluding tert-OH is 1. The normalized spacial score (nSPS) is 20.0.